The van der Waals surface area contributed by atoms with E-state index >= 15 is 0 Å². The Balaban J connectivity index is 2.61. The first-order valence-corrected chi connectivity index (χ1v) is 6.29. The lowest BCUT2D eigenvalue weighted by Gasteiger charge is -2.08. The SMILES string of the molecule is CCCNCCOc1ccc(CC)cc1[N+](=O)[O-]. The third-order valence-corrected chi connectivity index (χ3v) is 2.59. The Bertz CT molecular complexity index is 394. The van der Waals surface area contributed by atoms with Crippen LogP contribution in [0.4, 0.5) is 5.69 Å². The zero-order valence-electron chi connectivity index (χ0n) is 10.9. The first-order valence-electron chi connectivity index (χ1n) is 6.29. The molecule has 1 rings (SSSR count). The number of aryl methyl sites for hydroxylation is 1. The number of rotatable bonds is 8. The molecule has 0 heterocycles. The van der Waals surface area contributed by atoms with Crippen LogP contribution in [-0.4, -0.2) is 24.6 Å². The van der Waals surface area contributed by atoms with E-state index in [9.17, 15) is 10.1 Å². The average molecular weight is 252 g/mol. The minimum absolute atomic E-state index is 0.0461. The summed E-state index contributed by atoms with van der Waals surface area (Å²) in [6.07, 6.45) is 1.84. The predicted molar refractivity (Wildman–Crippen MR) is 71.1 cm³/mol. The molecule has 0 aliphatic carbocycles. The molecule has 1 aromatic carbocycles. The Hall–Kier alpha value is -1.62. The van der Waals surface area contributed by atoms with Gasteiger partial charge in [-0.05, 0) is 31.0 Å². The first kappa shape index (κ1) is 14.4. The van der Waals surface area contributed by atoms with Gasteiger partial charge in [0.15, 0.2) is 5.75 Å². The Morgan fingerprint density at radius 1 is 1.33 bits per heavy atom. The van der Waals surface area contributed by atoms with Crippen molar-refractivity contribution in [2.24, 2.45) is 0 Å². The number of benzene rings is 1. The summed E-state index contributed by atoms with van der Waals surface area (Å²) in [4.78, 5) is 10.5. The molecule has 0 aliphatic heterocycles. The van der Waals surface area contributed by atoms with Gasteiger partial charge in [-0.15, -0.1) is 0 Å². The van der Waals surface area contributed by atoms with Crippen molar-refractivity contribution >= 4 is 5.69 Å². The molecule has 5 heteroatoms. The molecular formula is C13H20N2O3. The summed E-state index contributed by atoms with van der Waals surface area (Å²) < 4.78 is 5.44. The van der Waals surface area contributed by atoms with Crippen molar-refractivity contribution < 1.29 is 9.66 Å². The lowest BCUT2D eigenvalue weighted by molar-refractivity contribution is -0.385. The van der Waals surface area contributed by atoms with Gasteiger partial charge in [-0.3, -0.25) is 10.1 Å². The molecule has 1 N–H and O–H groups in total. The zero-order valence-corrected chi connectivity index (χ0v) is 10.9. The van der Waals surface area contributed by atoms with Crippen molar-refractivity contribution in [3.63, 3.8) is 0 Å². The van der Waals surface area contributed by atoms with Crippen molar-refractivity contribution in [2.45, 2.75) is 26.7 Å². The van der Waals surface area contributed by atoms with E-state index in [0.29, 0.717) is 18.9 Å². The van der Waals surface area contributed by atoms with E-state index < -0.39 is 4.92 Å². The molecule has 0 aromatic heterocycles. The Morgan fingerprint density at radius 2 is 2.11 bits per heavy atom. The molecule has 0 radical (unpaired) electrons. The van der Waals surface area contributed by atoms with Crippen LogP contribution in [0.5, 0.6) is 5.75 Å². The molecule has 0 aliphatic rings. The van der Waals surface area contributed by atoms with Gasteiger partial charge in [0, 0.05) is 12.6 Å². The van der Waals surface area contributed by atoms with Crippen LogP contribution in [0.3, 0.4) is 0 Å². The van der Waals surface area contributed by atoms with E-state index in [2.05, 4.69) is 12.2 Å². The number of nitro benzene ring substituents is 1. The zero-order chi connectivity index (χ0) is 13.4. The summed E-state index contributed by atoms with van der Waals surface area (Å²) in [6.45, 7) is 6.11. The van der Waals surface area contributed by atoms with Crippen LogP contribution >= 0.6 is 0 Å². The van der Waals surface area contributed by atoms with E-state index in [1.165, 1.54) is 0 Å². The molecule has 0 fully saturated rings. The molecule has 0 saturated heterocycles. The van der Waals surface area contributed by atoms with E-state index in [1.807, 2.05) is 13.0 Å². The second-order valence-electron chi connectivity index (χ2n) is 4.01. The van der Waals surface area contributed by atoms with Crippen molar-refractivity contribution in [3.8, 4) is 5.75 Å². The highest BCUT2D eigenvalue weighted by molar-refractivity contribution is 5.48. The third kappa shape index (κ3) is 4.33. The maximum absolute atomic E-state index is 10.9. The molecule has 0 unspecified atom stereocenters. The van der Waals surface area contributed by atoms with Crippen LogP contribution < -0.4 is 10.1 Å². The minimum Gasteiger partial charge on any atom is -0.485 e. The maximum Gasteiger partial charge on any atom is 0.311 e. The van der Waals surface area contributed by atoms with Gasteiger partial charge in [0.05, 0.1) is 4.92 Å². The van der Waals surface area contributed by atoms with Crippen LogP contribution in [0.2, 0.25) is 0 Å². The van der Waals surface area contributed by atoms with E-state index in [0.717, 1.165) is 24.9 Å². The largest absolute Gasteiger partial charge is 0.485 e. The summed E-state index contributed by atoms with van der Waals surface area (Å²) in [5.74, 6) is 0.343. The van der Waals surface area contributed by atoms with Crippen LogP contribution in [0, 0.1) is 10.1 Å². The topological polar surface area (TPSA) is 64.4 Å². The first-order chi connectivity index (χ1) is 8.69. The fraction of sp³-hybridized carbons (Fsp3) is 0.538. The molecule has 0 atom stereocenters. The van der Waals surface area contributed by atoms with Crippen molar-refractivity contribution in [1.82, 2.24) is 5.32 Å². The summed E-state index contributed by atoms with van der Waals surface area (Å²) in [6, 6.07) is 5.12. The van der Waals surface area contributed by atoms with Gasteiger partial charge < -0.3 is 10.1 Å². The molecule has 5 nitrogen and oxygen atoms in total. The summed E-state index contributed by atoms with van der Waals surface area (Å²) in [7, 11) is 0. The highest BCUT2D eigenvalue weighted by Crippen LogP contribution is 2.27. The third-order valence-electron chi connectivity index (χ3n) is 2.59. The molecule has 0 saturated carbocycles. The monoisotopic (exact) mass is 252 g/mol. The van der Waals surface area contributed by atoms with Crippen LogP contribution in [0.15, 0.2) is 18.2 Å². The van der Waals surface area contributed by atoms with Gasteiger partial charge >= 0.3 is 5.69 Å². The van der Waals surface area contributed by atoms with Crippen LogP contribution in [0.25, 0.3) is 0 Å². The quantitative estimate of drug-likeness (QED) is 0.438. The van der Waals surface area contributed by atoms with Gasteiger partial charge in [-0.25, -0.2) is 0 Å². The van der Waals surface area contributed by atoms with Crippen molar-refractivity contribution in [1.29, 1.82) is 0 Å². The lowest BCUT2D eigenvalue weighted by Crippen LogP contribution is -2.21. The predicted octanol–water partition coefficient (Wildman–Crippen LogP) is 2.54. The summed E-state index contributed by atoms with van der Waals surface area (Å²) >= 11 is 0. The van der Waals surface area contributed by atoms with Crippen molar-refractivity contribution in [3.05, 3.63) is 33.9 Å². The van der Waals surface area contributed by atoms with E-state index in [4.69, 9.17) is 4.74 Å². The fourth-order valence-corrected chi connectivity index (χ4v) is 1.58. The van der Waals surface area contributed by atoms with Gasteiger partial charge in [0.2, 0.25) is 0 Å². The molecular weight excluding hydrogens is 232 g/mol. The van der Waals surface area contributed by atoms with Gasteiger partial charge in [-0.2, -0.15) is 0 Å². The van der Waals surface area contributed by atoms with E-state index in [1.54, 1.807) is 12.1 Å². The fourth-order valence-electron chi connectivity index (χ4n) is 1.58. The molecule has 1 aromatic rings. The second kappa shape index (κ2) is 7.66. The van der Waals surface area contributed by atoms with Crippen LogP contribution in [-0.2, 0) is 6.42 Å². The molecule has 0 amide bonds. The summed E-state index contributed by atoms with van der Waals surface area (Å²) in [5, 5.41) is 14.1. The highest BCUT2D eigenvalue weighted by Gasteiger charge is 2.15. The number of nitro groups is 1. The molecule has 100 valence electrons. The Labute approximate surface area is 107 Å². The maximum atomic E-state index is 10.9. The highest BCUT2D eigenvalue weighted by atomic mass is 16.6. The van der Waals surface area contributed by atoms with Gasteiger partial charge in [-0.1, -0.05) is 19.9 Å². The van der Waals surface area contributed by atoms with Crippen LogP contribution in [0.1, 0.15) is 25.8 Å². The summed E-state index contributed by atoms with van der Waals surface area (Å²) in [5.41, 5.74) is 0.989. The molecule has 18 heavy (non-hydrogen) atoms. The Morgan fingerprint density at radius 3 is 2.72 bits per heavy atom. The number of hydrogen-bond donors (Lipinski definition) is 1. The average Bonchev–Trinajstić information content (AvgIpc) is 2.38. The number of hydrogen-bond acceptors (Lipinski definition) is 4. The van der Waals surface area contributed by atoms with E-state index in [-0.39, 0.29) is 5.69 Å². The smallest absolute Gasteiger partial charge is 0.311 e. The second-order valence-corrected chi connectivity index (χ2v) is 4.01. The van der Waals surface area contributed by atoms with Gasteiger partial charge in [0.1, 0.15) is 6.61 Å². The Kier molecular flexibility index (Phi) is 6.14. The number of nitrogens with one attached hydrogen (secondary N) is 1. The van der Waals surface area contributed by atoms with Gasteiger partial charge in [0.25, 0.3) is 0 Å². The minimum atomic E-state index is -0.395. The lowest BCUT2D eigenvalue weighted by atomic mass is 10.1. The normalized spacial score (nSPS) is 10.3. The number of ether oxygens (including phenoxy) is 1. The van der Waals surface area contributed by atoms with Crippen molar-refractivity contribution in [2.75, 3.05) is 19.7 Å². The number of nitrogens with zero attached hydrogens (tertiary/aromatic N) is 1. The molecule has 0 spiro atoms. The molecule has 0 bridgehead atoms. The standard InChI is InChI=1S/C13H20N2O3/c1-3-7-14-8-9-18-13-6-5-11(4-2)10-12(13)15(16)17/h5-6,10,14H,3-4,7-9H2,1-2H3.